The maximum Gasteiger partial charge on any atom is 0.311 e. The number of rotatable bonds is 11. The molecule has 0 radical (unpaired) electrons. The number of fused-ring (bicyclic) bond motifs is 1. The molecule has 0 atom stereocenters. The number of H-pyrrole nitrogens is 1. The van der Waals surface area contributed by atoms with Crippen LogP contribution in [0.3, 0.4) is 0 Å². The van der Waals surface area contributed by atoms with E-state index in [9.17, 15) is 4.79 Å². The Kier molecular flexibility index (Phi) is 8.39. The fraction of sp³-hybridized carbons (Fsp3) is 0.444. The second-order valence-corrected chi connectivity index (χ2v) is 8.73. The molecule has 2 aromatic carbocycles. The van der Waals surface area contributed by atoms with Gasteiger partial charge in [-0.05, 0) is 49.6 Å². The number of piperazine rings is 1. The summed E-state index contributed by atoms with van der Waals surface area (Å²) in [6.07, 6.45) is 6.37. The number of esters is 1. The van der Waals surface area contributed by atoms with Gasteiger partial charge in [-0.3, -0.25) is 4.79 Å². The molecule has 33 heavy (non-hydrogen) atoms. The summed E-state index contributed by atoms with van der Waals surface area (Å²) in [6, 6.07) is 14.1. The van der Waals surface area contributed by atoms with Crippen molar-refractivity contribution in [2.75, 3.05) is 32.7 Å². The molecule has 0 spiro atoms. The minimum absolute atomic E-state index is 0.180. The summed E-state index contributed by atoms with van der Waals surface area (Å²) in [5, 5.41) is 4.52. The summed E-state index contributed by atoms with van der Waals surface area (Å²) >= 11 is 0. The zero-order valence-electron chi connectivity index (χ0n) is 19.6. The van der Waals surface area contributed by atoms with E-state index in [1.54, 1.807) is 0 Å². The molecule has 1 aromatic heterocycles. The topological polar surface area (TPSA) is 66.6 Å². The molecule has 0 amide bonds. The van der Waals surface area contributed by atoms with E-state index in [4.69, 9.17) is 9.47 Å². The number of ether oxygens (including phenoxy) is 2. The number of hydrogen-bond donors (Lipinski definition) is 2. The summed E-state index contributed by atoms with van der Waals surface area (Å²) < 4.78 is 11.9. The number of aryl methyl sites for hydroxylation is 1. The van der Waals surface area contributed by atoms with Crippen LogP contribution in [0, 0.1) is 0 Å². The normalized spacial score (nSPS) is 14.5. The van der Waals surface area contributed by atoms with Crippen molar-refractivity contribution in [3.63, 3.8) is 0 Å². The SMILES string of the molecule is CCCCc1cc(OCc2c[nH]c3ccccc23)cc(OC(=O)CCCN2CCNCC2)c1. The summed E-state index contributed by atoms with van der Waals surface area (Å²) in [6.45, 7) is 7.71. The Labute approximate surface area is 196 Å². The van der Waals surface area contributed by atoms with E-state index in [1.165, 1.54) is 0 Å². The maximum absolute atomic E-state index is 12.5. The molecule has 6 nitrogen and oxygen atoms in total. The molecule has 1 fully saturated rings. The predicted octanol–water partition coefficient (Wildman–Crippen LogP) is 4.68. The molecular formula is C27H35N3O3. The van der Waals surface area contributed by atoms with Crippen molar-refractivity contribution in [2.24, 2.45) is 0 Å². The van der Waals surface area contributed by atoms with E-state index >= 15 is 0 Å². The van der Waals surface area contributed by atoms with Crippen molar-refractivity contribution in [1.82, 2.24) is 15.2 Å². The lowest BCUT2D eigenvalue weighted by Crippen LogP contribution is -2.43. The minimum Gasteiger partial charge on any atom is -0.489 e. The lowest BCUT2D eigenvalue weighted by Gasteiger charge is -2.26. The van der Waals surface area contributed by atoms with Crippen molar-refractivity contribution < 1.29 is 14.3 Å². The second kappa shape index (κ2) is 11.9. The van der Waals surface area contributed by atoms with Crippen LogP contribution in [0.25, 0.3) is 10.9 Å². The predicted molar refractivity (Wildman–Crippen MR) is 132 cm³/mol. The van der Waals surface area contributed by atoms with Crippen LogP contribution in [-0.2, 0) is 17.8 Å². The van der Waals surface area contributed by atoms with Crippen LogP contribution in [0.15, 0.2) is 48.7 Å². The van der Waals surface area contributed by atoms with E-state index in [-0.39, 0.29) is 5.97 Å². The Bertz CT molecular complexity index is 1040. The van der Waals surface area contributed by atoms with Crippen molar-refractivity contribution in [2.45, 2.75) is 45.6 Å². The van der Waals surface area contributed by atoms with Crippen LogP contribution in [-0.4, -0.2) is 48.6 Å². The van der Waals surface area contributed by atoms with Gasteiger partial charge in [0.25, 0.3) is 0 Å². The van der Waals surface area contributed by atoms with Crippen molar-refractivity contribution in [3.8, 4) is 11.5 Å². The zero-order valence-corrected chi connectivity index (χ0v) is 19.6. The largest absolute Gasteiger partial charge is 0.489 e. The maximum atomic E-state index is 12.5. The minimum atomic E-state index is -0.180. The first-order chi connectivity index (χ1) is 16.2. The number of aromatic amines is 1. The third-order valence-electron chi connectivity index (χ3n) is 6.12. The third kappa shape index (κ3) is 6.83. The van der Waals surface area contributed by atoms with Gasteiger partial charge in [0, 0.05) is 61.3 Å². The summed E-state index contributed by atoms with van der Waals surface area (Å²) in [7, 11) is 0. The highest BCUT2D eigenvalue weighted by molar-refractivity contribution is 5.82. The Balaban J connectivity index is 1.36. The van der Waals surface area contributed by atoms with Gasteiger partial charge in [-0.25, -0.2) is 0 Å². The first-order valence-electron chi connectivity index (χ1n) is 12.2. The molecular weight excluding hydrogens is 414 g/mol. The number of carbonyl (C=O) groups excluding carboxylic acids is 1. The van der Waals surface area contributed by atoms with Gasteiger partial charge in [-0.2, -0.15) is 0 Å². The fourth-order valence-corrected chi connectivity index (χ4v) is 4.27. The Morgan fingerprint density at radius 1 is 1.06 bits per heavy atom. The number of benzene rings is 2. The zero-order chi connectivity index (χ0) is 22.9. The quantitative estimate of drug-likeness (QED) is 0.329. The third-order valence-corrected chi connectivity index (χ3v) is 6.12. The first kappa shape index (κ1) is 23.3. The summed E-state index contributed by atoms with van der Waals surface area (Å²) in [5.41, 5.74) is 3.34. The molecule has 176 valence electrons. The van der Waals surface area contributed by atoms with Crippen LogP contribution in [0.1, 0.15) is 43.7 Å². The van der Waals surface area contributed by atoms with Crippen molar-refractivity contribution >= 4 is 16.9 Å². The van der Waals surface area contributed by atoms with Gasteiger partial charge in [0.05, 0.1) is 0 Å². The van der Waals surface area contributed by atoms with Gasteiger partial charge in [0.1, 0.15) is 18.1 Å². The van der Waals surface area contributed by atoms with Gasteiger partial charge in [0.2, 0.25) is 0 Å². The molecule has 1 aliphatic rings. The lowest BCUT2D eigenvalue weighted by molar-refractivity contribution is -0.134. The first-order valence-corrected chi connectivity index (χ1v) is 12.2. The molecule has 0 bridgehead atoms. The van der Waals surface area contributed by atoms with Crippen LogP contribution in [0.2, 0.25) is 0 Å². The van der Waals surface area contributed by atoms with E-state index in [0.29, 0.717) is 18.8 Å². The number of unbranched alkanes of at least 4 members (excludes halogenated alkanes) is 1. The number of nitrogens with one attached hydrogen (secondary N) is 2. The average Bonchev–Trinajstić information content (AvgIpc) is 3.25. The molecule has 4 rings (SSSR count). The highest BCUT2D eigenvalue weighted by Crippen LogP contribution is 2.27. The molecule has 3 aromatic rings. The number of para-hydroxylation sites is 1. The molecule has 2 heterocycles. The smallest absolute Gasteiger partial charge is 0.311 e. The highest BCUT2D eigenvalue weighted by Gasteiger charge is 2.12. The van der Waals surface area contributed by atoms with E-state index in [2.05, 4.69) is 40.3 Å². The number of nitrogens with zero attached hydrogens (tertiary/aromatic N) is 1. The lowest BCUT2D eigenvalue weighted by atomic mass is 10.1. The highest BCUT2D eigenvalue weighted by atomic mass is 16.5. The Morgan fingerprint density at radius 2 is 1.88 bits per heavy atom. The van der Waals surface area contributed by atoms with Gasteiger partial charge in [0.15, 0.2) is 0 Å². The summed E-state index contributed by atoms with van der Waals surface area (Å²) in [5.74, 6) is 1.13. The number of aromatic nitrogens is 1. The summed E-state index contributed by atoms with van der Waals surface area (Å²) in [4.78, 5) is 18.2. The second-order valence-electron chi connectivity index (χ2n) is 8.73. The van der Waals surface area contributed by atoms with Crippen molar-refractivity contribution in [3.05, 3.63) is 59.8 Å². The van der Waals surface area contributed by atoms with Crippen LogP contribution >= 0.6 is 0 Å². The fourth-order valence-electron chi connectivity index (χ4n) is 4.27. The van der Waals surface area contributed by atoms with Gasteiger partial charge >= 0.3 is 5.97 Å². The van der Waals surface area contributed by atoms with Crippen LogP contribution < -0.4 is 14.8 Å². The number of carbonyl (C=O) groups is 1. The van der Waals surface area contributed by atoms with Crippen LogP contribution in [0.4, 0.5) is 0 Å². The Hall–Kier alpha value is -2.83. The van der Waals surface area contributed by atoms with Gasteiger partial charge in [-0.15, -0.1) is 0 Å². The van der Waals surface area contributed by atoms with E-state index in [0.717, 1.165) is 86.2 Å². The molecule has 2 N–H and O–H groups in total. The molecule has 0 aliphatic carbocycles. The molecule has 1 aliphatic heterocycles. The monoisotopic (exact) mass is 449 g/mol. The molecule has 0 saturated carbocycles. The van der Waals surface area contributed by atoms with Gasteiger partial charge in [-0.1, -0.05) is 31.5 Å². The Morgan fingerprint density at radius 3 is 2.73 bits per heavy atom. The molecule has 0 unspecified atom stereocenters. The van der Waals surface area contributed by atoms with E-state index < -0.39 is 0 Å². The number of hydrogen-bond acceptors (Lipinski definition) is 5. The molecule has 1 saturated heterocycles. The average molecular weight is 450 g/mol. The van der Waals surface area contributed by atoms with Gasteiger partial charge < -0.3 is 24.7 Å². The standard InChI is InChI=1S/C27H35N3O3/c1-2-3-7-21-16-23(32-20-22-19-29-26-9-5-4-8-25(22)26)18-24(17-21)33-27(31)10-6-13-30-14-11-28-12-15-30/h4-5,8-9,16-19,28-29H,2-3,6-7,10-15,20H2,1H3. The van der Waals surface area contributed by atoms with Crippen molar-refractivity contribution in [1.29, 1.82) is 0 Å². The molecule has 6 heteroatoms. The van der Waals surface area contributed by atoms with E-state index in [1.807, 2.05) is 30.5 Å². The van der Waals surface area contributed by atoms with Crippen LogP contribution in [0.5, 0.6) is 11.5 Å².